The summed E-state index contributed by atoms with van der Waals surface area (Å²) in [6.45, 7) is 5.11. The van der Waals surface area contributed by atoms with Gasteiger partial charge in [0.25, 0.3) is 0 Å². The second-order valence-electron chi connectivity index (χ2n) is 10.5. The van der Waals surface area contributed by atoms with Crippen molar-refractivity contribution in [2.75, 3.05) is 29.9 Å². The fraction of sp³-hybridized carbons (Fsp3) is 0.560. The molecule has 2 saturated heterocycles. The van der Waals surface area contributed by atoms with Crippen molar-refractivity contribution < 1.29 is 27.8 Å². The predicted octanol–water partition coefficient (Wildman–Crippen LogP) is 3.61. The highest BCUT2D eigenvalue weighted by atomic mass is 19.4. The molecule has 5 atom stereocenters. The van der Waals surface area contributed by atoms with Crippen LogP contribution in [0.3, 0.4) is 0 Å². The highest BCUT2D eigenvalue weighted by Crippen LogP contribution is 2.47. The molecule has 0 radical (unpaired) electrons. The Hall–Kier alpha value is -2.96. The van der Waals surface area contributed by atoms with Crippen LogP contribution in [0.5, 0.6) is 0 Å². The molecule has 12 heteroatoms. The van der Waals surface area contributed by atoms with E-state index in [4.69, 9.17) is 9.47 Å². The van der Waals surface area contributed by atoms with Crippen LogP contribution in [0.15, 0.2) is 36.9 Å². The van der Waals surface area contributed by atoms with E-state index in [0.29, 0.717) is 36.5 Å². The van der Waals surface area contributed by atoms with Crippen LogP contribution in [0.25, 0.3) is 11.2 Å². The summed E-state index contributed by atoms with van der Waals surface area (Å²) in [5.41, 5.74) is 1.41. The number of imidazole rings is 1. The number of fused-ring (bicyclic) bond motifs is 2. The fourth-order valence-corrected chi connectivity index (χ4v) is 5.88. The molecule has 37 heavy (non-hydrogen) atoms. The van der Waals surface area contributed by atoms with Crippen LogP contribution in [-0.4, -0.2) is 68.4 Å². The van der Waals surface area contributed by atoms with E-state index in [0.717, 1.165) is 24.2 Å². The normalized spacial score (nSPS) is 29.2. The number of aromatic nitrogens is 4. The van der Waals surface area contributed by atoms with E-state index in [1.165, 1.54) is 18.5 Å². The van der Waals surface area contributed by atoms with Gasteiger partial charge in [-0.25, -0.2) is 15.0 Å². The monoisotopic (exact) mass is 518 g/mol. The maximum Gasteiger partial charge on any atom is 0.416 e. The van der Waals surface area contributed by atoms with Crippen LogP contribution in [0, 0.1) is 5.92 Å². The maximum atomic E-state index is 12.9. The Morgan fingerprint density at radius 1 is 1.11 bits per heavy atom. The molecule has 6 rings (SSSR count). The molecule has 1 aliphatic carbocycles. The topological polar surface area (TPSA) is 97.6 Å². The van der Waals surface area contributed by atoms with Crippen LogP contribution in [-0.2, 0) is 15.7 Å². The number of benzene rings is 1. The van der Waals surface area contributed by atoms with Crippen molar-refractivity contribution in [3.63, 3.8) is 0 Å². The zero-order valence-electron chi connectivity index (χ0n) is 20.5. The third-order valence-electron chi connectivity index (χ3n) is 7.59. The lowest BCUT2D eigenvalue weighted by Gasteiger charge is -2.23. The second-order valence-corrected chi connectivity index (χ2v) is 10.5. The van der Waals surface area contributed by atoms with E-state index in [2.05, 4.69) is 25.2 Å². The van der Waals surface area contributed by atoms with Crippen molar-refractivity contribution in [3.8, 4) is 0 Å². The highest BCUT2D eigenvalue weighted by Gasteiger charge is 2.54. The number of anilines is 2. The van der Waals surface area contributed by atoms with Crippen LogP contribution in [0.4, 0.5) is 24.7 Å². The van der Waals surface area contributed by atoms with Gasteiger partial charge < -0.3 is 29.4 Å². The second kappa shape index (κ2) is 8.81. The van der Waals surface area contributed by atoms with Crippen LogP contribution < -0.4 is 10.2 Å². The fourth-order valence-electron chi connectivity index (χ4n) is 5.88. The Balaban J connectivity index is 1.19. The number of nitrogens with zero attached hydrogens (tertiary/aromatic N) is 5. The molecule has 0 spiro atoms. The SMILES string of the molecule is CC1(C)OC2C(CO)CC(n3cnc4c(NC5CCN(c6ccc(C(F)(F)F)cc6)C5)ncnc43)C2O1. The quantitative estimate of drug-likeness (QED) is 0.529. The summed E-state index contributed by atoms with van der Waals surface area (Å²) in [7, 11) is 0. The lowest BCUT2D eigenvalue weighted by Crippen LogP contribution is -2.27. The lowest BCUT2D eigenvalue weighted by molar-refractivity contribution is -0.161. The molecule has 3 aliphatic rings. The number of hydrogen-bond donors (Lipinski definition) is 2. The molecular weight excluding hydrogens is 489 g/mol. The van der Waals surface area contributed by atoms with Gasteiger partial charge in [0.15, 0.2) is 17.3 Å². The van der Waals surface area contributed by atoms with E-state index in [1.807, 2.05) is 18.4 Å². The molecule has 2 aromatic heterocycles. The van der Waals surface area contributed by atoms with Gasteiger partial charge in [-0.05, 0) is 51.0 Å². The van der Waals surface area contributed by atoms with E-state index in [9.17, 15) is 18.3 Å². The molecule has 1 aromatic carbocycles. The van der Waals surface area contributed by atoms with E-state index in [-0.39, 0.29) is 36.8 Å². The lowest BCUT2D eigenvalue weighted by atomic mass is 10.1. The van der Waals surface area contributed by atoms with Crippen LogP contribution in [0.2, 0.25) is 0 Å². The van der Waals surface area contributed by atoms with Crippen molar-refractivity contribution in [3.05, 3.63) is 42.5 Å². The molecule has 0 amide bonds. The minimum atomic E-state index is -4.35. The maximum absolute atomic E-state index is 12.9. The van der Waals surface area contributed by atoms with E-state index >= 15 is 0 Å². The van der Waals surface area contributed by atoms with Gasteiger partial charge in [0.05, 0.1) is 24.0 Å². The molecule has 1 saturated carbocycles. The average molecular weight is 519 g/mol. The summed E-state index contributed by atoms with van der Waals surface area (Å²) in [5.74, 6) is -0.149. The Labute approximate surface area is 211 Å². The Morgan fingerprint density at radius 2 is 1.86 bits per heavy atom. The number of hydrogen-bond acceptors (Lipinski definition) is 8. The number of aliphatic hydroxyl groups excluding tert-OH is 1. The summed E-state index contributed by atoms with van der Waals surface area (Å²) in [6, 6.07) is 5.23. The molecule has 3 fully saturated rings. The van der Waals surface area contributed by atoms with Crippen molar-refractivity contribution in [1.29, 1.82) is 0 Å². The number of alkyl halides is 3. The van der Waals surface area contributed by atoms with Crippen LogP contribution in [0.1, 0.15) is 38.3 Å². The largest absolute Gasteiger partial charge is 0.416 e. The zero-order chi connectivity index (χ0) is 25.9. The summed E-state index contributed by atoms with van der Waals surface area (Å²) >= 11 is 0. The zero-order valence-corrected chi connectivity index (χ0v) is 20.5. The van der Waals surface area contributed by atoms with Gasteiger partial charge in [0, 0.05) is 37.3 Å². The van der Waals surface area contributed by atoms with Crippen molar-refractivity contribution in [1.82, 2.24) is 19.5 Å². The molecule has 4 heterocycles. The van der Waals surface area contributed by atoms with E-state index in [1.54, 1.807) is 6.33 Å². The highest BCUT2D eigenvalue weighted by molar-refractivity contribution is 5.83. The third-order valence-corrected chi connectivity index (χ3v) is 7.59. The van der Waals surface area contributed by atoms with Crippen molar-refractivity contribution in [2.24, 2.45) is 5.92 Å². The first-order valence-corrected chi connectivity index (χ1v) is 12.5. The Kier molecular flexibility index (Phi) is 5.81. The van der Waals surface area contributed by atoms with Gasteiger partial charge >= 0.3 is 6.18 Å². The molecule has 3 aromatic rings. The minimum Gasteiger partial charge on any atom is -0.396 e. The summed E-state index contributed by atoms with van der Waals surface area (Å²) < 4.78 is 53.0. The number of nitrogens with one attached hydrogen (secondary N) is 1. The van der Waals surface area contributed by atoms with Crippen molar-refractivity contribution >= 4 is 22.7 Å². The van der Waals surface area contributed by atoms with Gasteiger partial charge in [-0.1, -0.05) is 0 Å². The summed E-state index contributed by atoms with van der Waals surface area (Å²) in [4.78, 5) is 15.6. The standard InChI is InChI=1S/C25H29F3N6O3/c1-24(2)36-20-14(11-35)9-18(21(20)37-24)34-13-31-19-22(29-12-30-23(19)34)32-16-7-8-33(10-16)17-5-3-15(4-6-17)25(26,27)28/h3-6,12-14,16,18,20-21,35H,7-11H2,1-2H3,(H,29,30,32). The molecule has 198 valence electrons. The first-order chi connectivity index (χ1) is 17.6. The summed E-state index contributed by atoms with van der Waals surface area (Å²) in [6.07, 6.45) is -0.0370. The minimum absolute atomic E-state index is 0.0165. The number of ether oxygens (including phenoxy) is 2. The van der Waals surface area contributed by atoms with Gasteiger partial charge in [-0.2, -0.15) is 13.2 Å². The van der Waals surface area contributed by atoms with E-state index < -0.39 is 17.5 Å². The molecule has 0 bridgehead atoms. The third kappa shape index (κ3) is 4.40. The Morgan fingerprint density at radius 3 is 2.59 bits per heavy atom. The van der Waals surface area contributed by atoms with Crippen molar-refractivity contribution in [2.45, 2.75) is 62.9 Å². The molecule has 9 nitrogen and oxygen atoms in total. The average Bonchev–Trinajstić information content (AvgIpc) is 3.61. The first kappa shape index (κ1) is 24.4. The van der Waals surface area contributed by atoms with Gasteiger partial charge in [0.2, 0.25) is 0 Å². The number of rotatable bonds is 5. The Bertz CT molecular complexity index is 1280. The summed E-state index contributed by atoms with van der Waals surface area (Å²) in [5, 5.41) is 13.4. The van der Waals surface area contributed by atoms with Gasteiger partial charge in [-0.3, -0.25) is 0 Å². The smallest absolute Gasteiger partial charge is 0.396 e. The molecule has 2 N–H and O–H groups in total. The predicted molar refractivity (Wildman–Crippen MR) is 129 cm³/mol. The molecule has 2 aliphatic heterocycles. The molecular formula is C25H29F3N6O3. The first-order valence-electron chi connectivity index (χ1n) is 12.5. The van der Waals surface area contributed by atoms with Gasteiger partial charge in [0.1, 0.15) is 17.9 Å². The van der Waals surface area contributed by atoms with Crippen LogP contribution >= 0.6 is 0 Å². The number of aliphatic hydroxyl groups is 1. The number of halogens is 3. The molecule has 5 unspecified atom stereocenters. The van der Waals surface area contributed by atoms with Gasteiger partial charge in [-0.15, -0.1) is 0 Å².